The molecule has 0 saturated heterocycles. The van der Waals surface area contributed by atoms with Crippen LogP contribution in [0.5, 0.6) is 0 Å². The highest BCUT2D eigenvalue weighted by molar-refractivity contribution is 7.99. The molecule has 64 valence electrons. The van der Waals surface area contributed by atoms with Crippen molar-refractivity contribution in [3.05, 3.63) is 39.4 Å². The summed E-state index contributed by atoms with van der Waals surface area (Å²) in [4.78, 5) is 10.4. The maximum Gasteiger partial charge on any atom is 0.253 e. The summed E-state index contributed by atoms with van der Waals surface area (Å²) in [7, 11) is 0. The van der Waals surface area contributed by atoms with E-state index in [0.29, 0.717) is 5.02 Å². The summed E-state index contributed by atoms with van der Waals surface area (Å²) < 4.78 is 0. The van der Waals surface area contributed by atoms with Gasteiger partial charge in [0.15, 0.2) is 0 Å². The van der Waals surface area contributed by atoms with Gasteiger partial charge < -0.3 is 0 Å². The van der Waals surface area contributed by atoms with Gasteiger partial charge in [-0.2, -0.15) is 0 Å². The van der Waals surface area contributed by atoms with Gasteiger partial charge in [-0.1, -0.05) is 23.7 Å². The molecule has 0 unspecified atom stereocenters. The van der Waals surface area contributed by atoms with Crippen molar-refractivity contribution in [1.82, 2.24) is 0 Å². The summed E-state index contributed by atoms with van der Waals surface area (Å²) in [6, 6.07) is 7.06. The van der Waals surface area contributed by atoms with Gasteiger partial charge >= 0.3 is 0 Å². The molecule has 0 bridgehead atoms. The molecule has 0 aromatic heterocycles. The van der Waals surface area contributed by atoms with Gasteiger partial charge in [0, 0.05) is 9.82 Å². The van der Waals surface area contributed by atoms with Crippen LogP contribution in [-0.4, -0.2) is 10.8 Å². The van der Waals surface area contributed by atoms with Crippen LogP contribution in [0.25, 0.3) is 0 Å². The fourth-order valence-electron chi connectivity index (χ4n) is 0.684. The molecule has 0 radical (unpaired) electrons. The normalized spacial score (nSPS) is 9.75. The Balaban J connectivity index is 2.63. The van der Waals surface area contributed by atoms with E-state index in [4.69, 9.17) is 11.6 Å². The van der Waals surface area contributed by atoms with Crippen molar-refractivity contribution in [2.24, 2.45) is 0 Å². The number of hydrogen-bond acceptors (Lipinski definition) is 3. The van der Waals surface area contributed by atoms with Gasteiger partial charge in [-0.25, -0.2) is 0 Å². The minimum Gasteiger partial charge on any atom is -0.264 e. The molecule has 0 spiro atoms. The molecule has 12 heavy (non-hydrogen) atoms. The number of halogens is 1. The maximum atomic E-state index is 10.0. The van der Waals surface area contributed by atoms with Crippen LogP contribution >= 0.6 is 23.4 Å². The lowest BCUT2D eigenvalue weighted by atomic mass is 10.4. The standard InChI is InChI=1S/C7H6ClNO2S/c8-6-3-1-2-4-7(6)12-5-9(10)11/h1-4H,5H2. The van der Waals surface area contributed by atoms with Crippen molar-refractivity contribution in [2.45, 2.75) is 4.90 Å². The molecule has 0 heterocycles. The molecular formula is C7H6ClNO2S. The second-order valence-electron chi connectivity index (χ2n) is 2.04. The number of rotatable bonds is 3. The molecule has 0 saturated carbocycles. The van der Waals surface area contributed by atoms with E-state index >= 15 is 0 Å². The second kappa shape index (κ2) is 4.33. The molecule has 0 aliphatic rings. The van der Waals surface area contributed by atoms with Crippen molar-refractivity contribution in [2.75, 3.05) is 5.88 Å². The Bertz CT molecular complexity index is 292. The summed E-state index contributed by atoms with van der Waals surface area (Å²) in [6.07, 6.45) is 0. The predicted octanol–water partition coefficient (Wildman–Crippen LogP) is 2.67. The first-order valence-corrected chi connectivity index (χ1v) is 4.55. The third-order valence-electron chi connectivity index (χ3n) is 1.16. The molecule has 0 amide bonds. The summed E-state index contributed by atoms with van der Waals surface area (Å²) in [5.41, 5.74) is 0. The van der Waals surface area contributed by atoms with E-state index in [9.17, 15) is 10.1 Å². The van der Waals surface area contributed by atoms with Crippen molar-refractivity contribution >= 4 is 23.4 Å². The quantitative estimate of drug-likeness (QED) is 0.328. The molecule has 0 fully saturated rings. The summed E-state index contributed by atoms with van der Waals surface area (Å²) in [5.74, 6) is -0.149. The van der Waals surface area contributed by atoms with Gasteiger partial charge in [-0.05, 0) is 23.9 Å². The topological polar surface area (TPSA) is 43.1 Å². The average molecular weight is 204 g/mol. The number of thioether (sulfide) groups is 1. The zero-order chi connectivity index (χ0) is 8.97. The predicted molar refractivity (Wildman–Crippen MR) is 49.2 cm³/mol. The fraction of sp³-hybridized carbons (Fsp3) is 0.143. The second-order valence-corrected chi connectivity index (χ2v) is 3.43. The van der Waals surface area contributed by atoms with Gasteiger partial charge in [0.25, 0.3) is 5.88 Å². The number of hydrogen-bond donors (Lipinski definition) is 0. The molecule has 0 aliphatic heterocycles. The lowest BCUT2D eigenvalue weighted by Gasteiger charge is -1.98. The fourth-order valence-corrected chi connectivity index (χ4v) is 1.61. The Hall–Kier alpha value is -0.740. The first-order valence-electron chi connectivity index (χ1n) is 3.19. The molecule has 0 N–H and O–H groups in total. The van der Waals surface area contributed by atoms with Crippen LogP contribution in [0.2, 0.25) is 5.02 Å². The highest BCUT2D eigenvalue weighted by atomic mass is 35.5. The van der Waals surface area contributed by atoms with E-state index < -0.39 is 0 Å². The zero-order valence-corrected chi connectivity index (χ0v) is 7.64. The van der Waals surface area contributed by atoms with Gasteiger partial charge in [-0.15, -0.1) is 0 Å². The minimum absolute atomic E-state index is 0.149. The van der Waals surface area contributed by atoms with Crippen molar-refractivity contribution < 1.29 is 4.92 Å². The molecule has 3 nitrogen and oxygen atoms in total. The van der Waals surface area contributed by atoms with Crippen LogP contribution < -0.4 is 0 Å². The molecule has 5 heteroatoms. The van der Waals surface area contributed by atoms with Crippen LogP contribution in [0.3, 0.4) is 0 Å². The Labute approximate surface area is 78.9 Å². The highest BCUT2D eigenvalue weighted by Crippen LogP contribution is 2.25. The smallest absolute Gasteiger partial charge is 0.253 e. The van der Waals surface area contributed by atoms with E-state index in [0.717, 1.165) is 16.7 Å². The Morgan fingerprint density at radius 1 is 1.50 bits per heavy atom. The van der Waals surface area contributed by atoms with Gasteiger partial charge in [0.2, 0.25) is 0 Å². The van der Waals surface area contributed by atoms with Crippen LogP contribution in [0.1, 0.15) is 0 Å². The minimum atomic E-state index is -0.381. The monoisotopic (exact) mass is 203 g/mol. The third kappa shape index (κ3) is 2.71. The molecular weight excluding hydrogens is 198 g/mol. The highest BCUT2D eigenvalue weighted by Gasteiger charge is 2.03. The van der Waals surface area contributed by atoms with Gasteiger partial charge in [0.05, 0.1) is 5.02 Å². The Morgan fingerprint density at radius 3 is 2.75 bits per heavy atom. The molecule has 1 aromatic rings. The van der Waals surface area contributed by atoms with Crippen molar-refractivity contribution in [3.8, 4) is 0 Å². The van der Waals surface area contributed by atoms with Crippen molar-refractivity contribution in [3.63, 3.8) is 0 Å². The van der Waals surface area contributed by atoms with Gasteiger partial charge in [-0.3, -0.25) is 10.1 Å². The summed E-state index contributed by atoms with van der Waals surface area (Å²) >= 11 is 6.89. The van der Waals surface area contributed by atoms with E-state index in [1.165, 1.54) is 0 Å². The lowest BCUT2D eigenvalue weighted by molar-refractivity contribution is -0.456. The Morgan fingerprint density at radius 2 is 2.17 bits per heavy atom. The van der Waals surface area contributed by atoms with E-state index in [1.54, 1.807) is 24.3 Å². The summed E-state index contributed by atoms with van der Waals surface area (Å²) in [6.45, 7) is 0. The number of nitro groups is 1. The molecule has 1 rings (SSSR count). The van der Waals surface area contributed by atoms with Crippen molar-refractivity contribution in [1.29, 1.82) is 0 Å². The summed E-state index contributed by atoms with van der Waals surface area (Å²) in [5, 5.41) is 10.6. The lowest BCUT2D eigenvalue weighted by Crippen LogP contribution is -1.94. The van der Waals surface area contributed by atoms with E-state index in [2.05, 4.69) is 0 Å². The number of benzene rings is 1. The zero-order valence-electron chi connectivity index (χ0n) is 6.07. The third-order valence-corrected chi connectivity index (χ3v) is 2.61. The maximum absolute atomic E-state index is 10.0. The van der Waals surface area contributed by atoms with Crippen LogP contribution in [-0.2, 0) is 0 Å². The Kier molecular flexibility index (Phi) is 3.37. The molecule has 1 aromatic carbocycles. The first-order chi connectivity index (χ1) is 5.70. The molecule has 0 aliphatic carbocycles. The van der Waals surface area contributed by atoms with Gasteiger partial charge in [0.1, 0.15) is 0 Å². The first kappa shape index (κ1) is 9.35. The SMILES string of the molecule is O=[N+]([O-])CSc1ccccc1Cl. The average Bonchev–Trinajstić information content (AvgIpc) is 2.03. The van der Waals surface area contributed by atoms with Crippen LogP contribution in [0, 0.1) is 10.1 Å². The van der Waals surface area contributed by atoms with Crippen LogP contribution in [0.4, 0.5) is 0 Å². The number of nitrogens with zero attached hydrogens (tertiary/aromatic N) is 1. The van der Waals surface area contributed by atoms with Crippen LogP contribution in [0.15, 0.2) is 29.2 Å². The van der Waals surface area contributed by atoms with E-state index in [-0.39, 0.29) is 10.8 Å². The largest absolute Gasteiger partial charge is 0.264 e. The van der Waals surface area contributed by atoms with E-state index in [1.807, 2.05) is 0 Å². The molecule has 0 atom stereocenters.